The van der Waals surface area contributed by atoms with Crippen molar-refractivity contribution in [3.05, 3.63) is 70.8 Å². The molecular formula is C19H15N5O3. The number of carbonyl (C=O) groups excluding carboxylic acids is 1. The average Bonchev–Trinajstić information content (AvgIpc) is 3.19. The zero-order valence-electron chi connectivity index (χ0n) is 14.4. The fourth-order valence-corrected chi connectivity index (χ4v) is 3.53. The van der Waals surface area contributed by atoms with Gasteiger partial charge in [0.15, 0.2) is 0 Å². The Bertz CT molecular complexity index is 1070. The van der Waals surface area contributed by atoms with E-state index in [1.54, 1.807) is 16.8 Å². The third kappa shape index (κ3) is 2.37. The predicted octanol–water partition coefficient (Wildman–Crippen LogP) is 2.28. The van der Waals surface area contributed by atoms with Gasteiger partial charge in [0.25, 0.3) is 0 Å². The van der Waals surface area contributed by atoms with Crippen LogP contribution >= 0.6 is 0 Å². The summed E-state index contributed by atoms with van der Waals surface area (Å²) in [6.45, 7) is 0.419. The SMILES string of the molecule is COC(=O)c1ccc(C2C3=C(Nc4nnnn42)c2ccccc2OC3)cc1. The normalized spacial score (nSPS) is 17.1. The molecule has 27 heavy (non-hydrogen) atoms. The Labute approximate surface area is 154 Å². The predicted molar refractivity (Wildman–Crippen MR) is 96.2 cm³/mol. The maximum Gasteiger partial charge on any atom is 0.337 e. The topological polar surface area (TPSA) is 91.2 Å². The zero-order valence-corrected chi connectivity index (χ0v) is 14.4. The van der Waals surface area contributed by atoms with Crippen LogP contribution in [0.25, 0.3) is 5.70 Å². The fraction of sp³-hybridized carbons (Fsp3) is 0.158. The first kappa shape index (κ1) is 15.6. The number of carbonyl (C=O) groups is 1. The molecule has 1 unspecified atom stereocenters. The van der Waals surface area contributed by atoms with Crippen LogP contribution in [-0.4, -0.2) is 39.9 Å². The summed E-state index contributed by atoms with van der Waals surface area (Å²) in [6.07, 6.45) is 0. The van der Waals surface area contributed by atoms with E-state index in [0.29, 0.717) is 18.1 Å². The summed E-state index contributed by atoms with van der Waals surface area (Å²) in [7, 11) is 1.37. The molecule has 0 aliphatic carbocycles. The monoisotopic (exact) mass is 361 g/mol. The van der Waals surface area contributed by atoms with Gasteiger partial charge in [0.05, 0.1) is 18.4 Å². The van der Waals surface area contributed by atoms with Gasteiger partial charge in [-0.1, -0.05) is 29.4 Å². The molecule has 1 N–H and O–H groups in total. The van der Waals surface area contributed by atoms with Crippen LogP contribution < -0.4 is 10.1 Å². The molecule has 0 saturated heterocycles. The highest BCUT2D eigenvalue weighted by Crippen LogP contribution is 2.42. The number of esters is 1. The Hall–Kier alpha value is -3.68. The number of anilines is 1. The van der Waals surface area contributed by atoms with Crippen molar-refractivity contribution in [2.75, 3.05) is 19.0 Å². The van der Waals surface area contributed by atoms with E-state index < -0.39 is 0 Å². The van der Waals surface area contributed by atoms with E-state index in [9.17, 15) is 4.79 Å². The molecule has 0 bridgehead atoms. The first-order chi connectivity index (χ1) is 13.3. The molecule has 0 amide bonds. The van der Waals surface area contributed by atoms with Crippen molar-refractivity contribution in [3.63, 3.8) is 0 Å². The summed E-state index contributed by atoms with van der Waals surface area (Å²) < 4.78 is 12.5. The fourth-order valence-electron chi connectivity index (χ4n) is 3.53. The number of para-hydroxylation sites is 1. The molecule has 2 aromatic carbocycles. The van der Waals surface area contributed by atoms with Gasteiger partial charge in [-0.25, -0.2) is 4.79 Å². The highest BCUT2D eigenvalue weighted by atomic mass is 16.5. The molecule has 0 radical (unpaired) electrons. The molecule has 1 atom stereocenters. The van der Waals surface area contributed by atoms with Gasteiger partial charge in [0.2, 0.25) is 5.95 Å². The summed E-state index contributed by atoms with van der Waals surface area (Å²) >= 11 is 0. The third-order valence-corrected chi connectivity index (χ3v) is 4.81. The number of methoxy groups -OCH3 is 1. The Morgan fingerprint density at radius 1 is 1.22 bits per heavy atom. The number of fused-ring (bicyclic) bond motifs is 3. The van der Waals surface area contributed by atoms with Crippen LogP contribution in [0.2, 0.25) is 0 Å². The third-order valence-electron chi connectivity index (χ3n) is 4.81. The van der Waals surface area contributed by atoms with Crippen LogP contribution in [0, 0.1) is 0 Å². The van der Waals surface area contributed by atoms with Gasteiger partial charge in [0, 0.05) is 11.1 Å². The van der Waals surface area contributed by atoms with Crippen LogP contribution in [0.15, 0.2) is 54.1 Å². The van der Waals surface area contributed by atoms with E-state index in [2.05, 4.69) is 20.8 Å². The van der Waals surface area contributed by atoms with Crippen LogP contribution in [0.1, 0.15) is 27.5 Å². The molecule has 8 nitrogen and oxygen atoms in total. The lowest BCUT2D eigenvalue weighted by Crippen LogP contribution is -2.30. The molecule has 0 fully saturated rings. The smallest absolute Gasteiger partial charge is 0.337 e. The number of aromatic nitrogens is 4. The van der Waals surface area contributed by atoms with Crippen molar-refractivity contribution in [2.24, 2.45) is 0 Å². The van der Waals surface area contributed by atoms with Gasteiger partial charge in [-0.05, 0) is 40.3 Å². The quantitative estimate of drug-likeness (QED) is 0.700. The van der Waals surface area contributed by atoms with Crippen molar-refractivity contribution < 1.29 is 14.3 Å². The maximum absolute atomic E-state index is 11.7. The maximum atomic E-state index is 11.7. The number of benzene rings is 2. The molecule has 2 aliphatic heterocycles. The lowest BCUT2D eigenvalue weighted by molar-refractivity contribution is 0.0600. The Morgan fingerprint density at radius 2 is 2.04 bits per heavy atom. The molecule has 5 rings (SSSR count). The number of nitrogens with zero attached hydrogens (tertiary/aromatic N) is 4. The van der Waals surface area contributed by atoms with Gasteiger partial charge < -0.3 is 14.8 Å². The van der Waals surface area contributed by atoms with Crippen LogP contribution in [0.5, 0.6) is 5.75 Å². The molecule has 3 heterocycles. The number of rotatable bonds is 2. The summed E-state index contributed by atoms with van der Waals surface area (Å²) in [5.41, 5.74) is 4.41. The Balaban J connectivity index is 1.65. The van der Waals surface area contributed by atoms with Crippen LogP contribution in [0.4, 0.5) is 5.95 Å². The second-order valence-electron chi connectivity index (χ2n) is 6.27. The minimum absolute atomic E-state index is 0.230. The van der Waals surface area contributed by atoms with Crippen molar-refractivity contribution in [3.8, 4) is 5.75 Å². The van der Waals surface area contributed by atoms with E-state index in [-0.39, 0.29) is 12.0 Å². The van der Waals surface area contributed by atoms with E-state index in [1.165, 1.54) is 7.11 Å². The molecule has 3 aromatic rings. The second kappa shape index (κ2) is 5.94. The Kier molecular flexibility index (Phi) is 3.43. The number of hydrogen-bond acceptors (Lipinski definition) is 7. The average molecular weight is 361 g/mol. The van der Waals surface area contributed by atoms with Crippen molar-refractivity contribution in [2.45, 2.75) is 6.04 Å². The lowest BCUT2D eigenvalue weighted by Gasteiger charge is -2.33. The zero-order chi connectivity index (χ0) is 18.4. The first-order valence-electron chi connectivity index (χ1n) is 8.44. The lowest BCUT2D eigenvalue weighted by atomic mass is 9.91. The largest absolute Gasteiger partial charge is 0.488 e. The molecule has 8 heteroatoms. The van der Waals surface area contributed by atoms with E-state index in [4.69, 9.17) is 9.47 Å². The molecule has 1 aromatic heterocycles. The molecule has 0 saturated carbocycles. The van der Waals surface area contributed by atoms with E-state index in [0.717, 1.165) is 28.1 Å². The van der Waals surface area contributed by atoms with Crippen molar-refractivity contribution in [1.82, 2.24) is 20.2 Å². The molecule has 0 spiro atoms. The summed E-state index contributed by atoms with van der Waals surface area (Å²) in [5, 5.41) is 15.4. The minimum atomic E-state index is -0.371. The molecule has 2 aliphatic rings. The van der Waals surface area contributed by atoms with Gasteiger partial charge in [-0.2, -0.15) is 4.68 Å². The molecule has 134 valence electrons. The highest BCUT2D eigenvalue weighted by molar-refractivity contribution is 5.89. The standard InChI is InChI=1S/C19H15N5O3/c1-26-18(25)12-8-6-11(7-9-12)17-14-10-27-15-5-3-2-4-13(15)16(14)20-19-21-22-23-24(17)19/h2-9,17H,10H2,1H3,(H,20,21,23). The number of tetrazole rings is 1. The van der Waals surface area contributed by atoms with Gasteiger partial charge in [-0.15, -0.1) is 0 Å². The summed E-state index contributed by atoms with van der Waals surface area (Å²) in [5.74, 6) is 1.02. The second-order valence-corrected chi connectivity index (χ2v) is 6.27. The van der Waals surface area contributed by atoms with Gasteiger partial charge in [-0.3, -0.25) is 0 Å². The number of hydrogen-bond donors (Lipinski definition) is 1. The summed E-state index contributed by atoms with van der Waals surface area (Å²) in [4.78, 5) is 11.7. The van der Waals surface area contributed by atoms with Gasteiger partial charge >= 0.3 is 5.97 Å². The number of nitrogens with one attached hydrogen (secondary N) is 1. The Morgan fingerprint density at radius 3 is 2.85 bits per heavy atom. The number of ether oxygens (including phenoxy) is 2. The molecular weight excluding hydrogens is 346 g/mol. The first-order valence-corrected chi connectivity index (χ1v) is 8.44. The van der Waals surface area contributed by atoms with Crippen molar-refractivity contribution in [1.29, 1.82) is 0 Å². The van der Waals surface area contributed by atoms with Crippen LogP contribution in [-0.2, 0) is 4.74 Å². The van der Waals surface area contributed by atoms with Gasteiger partial charge in [0.1, 0.15) is 18.4 Å². The minimum Gasteiger partial charge on any atom is -0.488 e. The highest BCUT2D eigenvalue weighted by Gasteiger charge is 2.35. The van der Waals surface area contributed by atoms with E-state index >= 15 is 0 Å². The van der Waals surface area contributed by atoms with E-state index in [1.807, 2.05) is 36.4 Å². The summed E-state index contributed by atoms with van der Waals surface area (Å²) in [6, 6.07) is 14.9. The van der Waals surface area contributed by atoms with Crippen LogP contribution in [0.3, 0.4) is 0 Å². The van der Waals surface area contributed by atoms with Crippen molar-refractivity contribution >= 4 is 17.6 Å².